The minimum absolute atomic E-state index is 0.233. The van der Waals surface area contributed by atoms with Crippen molar-refractivity contribution in [3.8, 4) is 0 Å². The summed E-state index contributed by atoms with van der Waals surface area (Å²) in [6.07, 6.45) is 8.68. The van der Waals surface area contributed by atoms with Crippen LogP contribution in [0.15, 0.2) is 29.2 Å². The normalized spacial score (nSPS) is 21.8. The third-order valence-corrected chi connectivity index (χ3v) is 5.80. The fourth-order valence-corrected chi connectivity index (χ4v) is 4.35. The van der Waals surface area contributed by atoms with Crippen LogP contribution in [-0.4, -0.2) is 23.2 Å². The lowest BCUT2D eigenvalue weighted by molar-refractivity contribution is -0.111. The molecule has 1 amide bonds. The van der Waals surface area contributed by atoms with Crippen LogP contribution in [0, 0.1) is 5.92 Å². The number of rotatable bonds is 4. The van der Waals surface area contributed by atoms with E-state index in [0.29, 0.717) is 5.25 Å². The zero-order valence-corrected chi connectivity index (χ0v) is 16.9. The van der Waals surface area contributed by atoms with Crippen molar-refractivity contribution in [3.05, 3.63) is 24.3 Å². The molecule has 1 N–H and O–H groups in total. The summed E-state index contributed by atoms with van der Waals surface area (Å²) in [6.45, 7) is 5.54. The van der Waals surface area contributed by atoms with Gasteiger partial charge in [-0.1, -0.05) is 19.3 Å². The molecule has 1 aromatic carbocycles. The summed E-state index contributed by atoms with van der Waals surface area (Å²) in [6, 6.07) is 7.91. The molecule has 1 aliphatic rings. The Balaban J connectivity index is 1.88. The molecule has 0 aliphatic heterocycles. The monoisotopic (exact) mass is 377 g/mol. The van der Waals surface area contributed by atoms with Crippen molar-refractivity contribution in [3.63, 3.8) is 0 Å². The second-order valence-corrected chi connectivity index (χ2v) is 9.38. The van der Waals surface area contributed by atoms with Crippen molar-refractivity contribution in [1.29, 1.82) is 0 Å². The van der Waals surface area contributed by atoms with Crippen LogP contribution in [-0.2, 0) is 9.53 Å². The molecule has 0 heterocycles. The van der Waals surface area contributed by atoms with E-state index in [0.717, 1.165) is 31.2 Å². The number of amides is 1. The van der Waals surface area contributed by atoms with Crippen LogP contribution in [0.3, 0.4) is 0 Å². The maximum atomic E-state index is 11.8. The largest absolute Gasteiger partial charge is 0.444 e. The van der Waals surface area contributed by atoms with Gasteiger partial charge in [-0.25, -0.2) is 4.79 Å². The van der Waals surface area contributed by atoms with Crippen molar-refractivity contribution in [1.82, 2.24) is 0 Å². The van der Waals surface area contributed by atoms with Gasteiger partial charge in [-0.15, -0.1) is 11.8 Å². The summed E-state index contributed by atoms with van der Waals surface area (Å²) in [5, 5.41) is 3.32. The van der Waals surface area contributed by atoms with Crippen LogP contribution in [0.25, 0.3) is 0 Å². The number of anilines is 1. The van der Waals surface area contributed by atoms with Crippen LogP contribution < -0.4 is 5.32 Å². The molecule has 4 nitrogen and oxygen atoms in total. The van der Waals surface area contributed by atoms with Gasteiger partial charge in [0.1, 0.15) is 11.9 Å². The first-order chi connectivity index (χ1) is 12.4. The molecule has 0 radical (unpaired) electrons. The zero-order chi connectivity index (χ0) is 19.0. The SMILES string of the molecule is CC(C)(C)OC(=O)Nc1ccc(SC2CCCCCC(C=O)CC2)cc1. The average Bonchev–Trinajstić information content (AvgIpc) is 2.67. The number of hydrogen-bond donors (Lipinski definition) is 1. The van der Waals surface area contributed by atoms with Crippen LogP contribution in [0.2, 0.25) is 0 Å². The van der Waals surface area contributed by atoms with Crippen LogP contribution in [0.1, 0.15) is 65.7 Å². The molecule has 0 spiro atoms. The van der Waals surface area contributed by atoms with Gasteiger partial charge in [0.05, 0.1) is 0 Å². The third kappa shape index (κ3) is 7.81. The van der Waals surface area contributed by atoms with Crippen molar-refractivity contribution < 1.29 is 14.3 Å². The van der Waals surface area contributed by atoms with Gasteiger partial charge < -0.3 is 9.53 Å². The van der Waals surface area contributed by atoms with Crippen molar-refractivity contribution in [2.45, 2.75) is 81.5 Å². The summed E-state index contributed by atoms with van der Waals surface area (Å²) in [5.41, 5.74) is 0.231. The summed E-state index contributed by atoms with van der Waals surface area (Å²) >= 11 is 1.89. The Morgan fingerprint density at radius 2 is 1.77 bits per heavy atom. The second kappa shape index (κ2) is 10.0. The highest BCUT2D eigenvalue weighted by Crippen LogP contribution is 2.33. The first kappa shape index (κ1) is 20.8. The molecule has 1 aliphatic carbocycles. The second-order valence-electron chi connectivity index (χ2n) is 8.00. The van der Waals surface area contributed by atoms with E-state index in [1.807, 2.05) is 56.8 Å². The minimum atomic E-state index is -0.504. The fourth-order valence-electron chi connectivity index (χ4n) is 3.13. The summed E-state index contributed by atoms with van der Waals surface area (Å²) in [5.74, 6) is 0.233. The van der Waals surface area contributed by atoms with Crippen molar-refractivity contribution >= 4 is 29.8 Å². The Labute approximate surface area is 161 Å². The van der Waals surface area contributed by atoms with Gasteiger partial charge in [0, 0.05) is 21.8 Å². The highest BCUT2D eigenvalue weighted by Gasteiger charge is 2.18. The molecule has 1 saturated carbocycles. The Hall–Kier alpha value is -1.49. The lowest BCUT2D eigenvalue weighted by Crippen LogP contribution is -2.27. The molecular formula is C21H31NO3S. The van der Waals surface area contributed by atoms with Gasteiger partial charge in [0.25, 0.3) is 0 Å². The fraction of sp³-hybridized carbons (Fsp3) is 0.619. The standard InChI is InChI=1S/C21H31NO3S/c1-21(2,3)25-20(24)22-17-10-13-19(14-11-17)26-18-8-6-4-5-7-16(15-23)9-12-18/h10-11,13-16,18H,4-9,12H2,1-3H3,(H,22,24). The van der Waals surface area contributed by atoms with E-state index in [9.17, 15) is 9.59 Å². The lowest BCUT2D eigenvalue weighted by atomic mass is 9.99. The smallest absolute Gasteiger partial charge is 0.412 e. The molecule has 0 aromatic heterocycles. The highest BCUT2D eigenvalue weighted by atomic mass is 32.2. The minimum Gasteiger partial charge on any atom is -0.444 e. The van der Waals surface area contributed by atoms with E-state index in [2.05, 4.69) is 5.32 Å². The molecule has 5 heteroatoms. The topological polar surface area (TPSA) is 55.4 Å². The van der Waals surface area contributed by atoms with Crippen molar-refractivity contribution in [2.75, 3.05) is 5.32 Å². The zero-order valence-electron chi connectivity index (χ0n) is 16.1. The number of hydrogen-bond acceptors (Lipinski definition) is 4. The maximum absolute atomic E-state index is 11.8. The van der Waals surface area contributed by atoms with E-state index in [1.54, 1.807) is 0 Å². The summed E-state index contributed by atoms with van der Waals surface area (Å²) in [7, 11) is 0. The highest BCUT2D eigenvalue weighted by molar-refractivity contribution is 8.00. The Morgan fingerprint density at radius 3 is 2.42 bits per heavy atom. The number of carbonyl (C=O) groups excluding carboxylic acids is 2. The number of nitrogens with one attached hydrogen (secondary N) is 1. The molecule has 2 atom stereocenters. The lowest BCUT2D eigenvalue weighted by Gasteiger charge is -2.20. The predicted molar refractivity (Wildman–Crippen MR) is 108 cm³/mol. The van der Waals surface area contributed by atoms with E-state index in [4.69, 9.17) is 4.74 Å². The van der Waals surface area contributed by atoms with Gasteiger partial charge >= 0.3 is 6.09 Å². The summed E-state index contributed by atoms with van der Waals surface area (Å²) in [4.78, 5) is 24.2. The summed E-state index contributed by atoms with van der Waals surface area (Å²) < 4.78 is 5.27. The molecule has 1 fully saturated rings. The Bertz CT molecular complexity index is 580. The first-order valence-electron chi connectivity index (χ1n) is 9.58. The Morgan fingerprint density at radius 1 is 1.08 bits per heavy atom. The molecule has 1 aromatic rings. The van der Waals surface area contributed by atoms with Gasteiger partial charge in [0.2, 0.25) is 0 Å². The van der Waals surface area contributed by atoms with Gasteiger partial charge in [-0.3, -0.25) is 5.32 Å². The van der Waals surface area contributed by atoms with E-state index >= 15 is 0 Å². The van der Waals surface area contributed by atoms with Crippen LogP contribution >= 0.6 is 11.8 Å². The molecule has 0 bridgehead atoms. The number of ether oxygens (including phenoxy) is 1. The molecule has 26 heavy (non-hydrogen) atoms. The van der Waals surface area contributed by atoms with E-state index in [1.165, 1.54) is 30.6 Å². The molecule has 2 rings (SSSR count). The number of benzene rings is 1. The van der Waals surface area contributed by atoms with Crippen molar-refractivity contribution in [2.24, 2.45) is 5.92 Å². The molecule has 0 saturated heterocycles. The van der Waals surface area contributed by atoms with Gasteiger partial charge in [-0.2, -0.15) is 0 Å². The van der Waals surface area contributed by atoms with E-state index in [-0.39, 0.29) is 5.92 Å². The van der Waals surface area contributed by atoms with Gasteiger partial charge in [-0.05, 0) is 70.7 Å². The van der Waals surface area contributed by atoms with Crippen LogP contribution in [0.5, 0.6) is 0 Å². The number of thioether (sulfide) groups is 1. The average molecular weight is 378 g/mol. The number of carbonyl (C=O) groups is 2. The quantitative estimate of drug-likeness (QED) is 0.649. The van der Waals surface area contributed by atoms with Gasteiger partial charge in [0.15, 0.2) is 0 Å². The molecular weight excluding hydrogens is 346 g/mol. The Kier molecular flexibility index (Phi) is 8.01. The first-order valence-corrected chi connectivity index (χ1v) is 10.5. The molecule has 2 unspecified atom stereocenters. The predicted octanol–water partition coefficient (Wildman–Crippen LogP) is 6.05. The maximum Gasteiger partial charge on any atom is 0.412 e. The molecule has 144 valence electrons. The van der Waals surface area contributed by atoms with Crippen LogP contribution in [0.4, 0.5) is 10.5 Å². The van der Waals surface area contributed by atoms with E-state index < -0.39 is 11.7 Å². The number of aldehydes is 1. The third-order valence-electron chi connectivity index (χ3n) is 4.46.